The van der Waals surface area contributed by atoms with Gasteiger partial charge in [0, 0.05) is 10.0 Å². The van der Waals surface area contributed by atoms with Crippen molar-refractivity contribution in [2.45, 2.75) is 46.1 Å². The van der Waals surface area contributed by atoms with Gasteiger partial charge in [0.2, 0.25) is 0 Å². The van der Waals surface area contributed by atoms with Crippen molar-refractivity contribution in [1.29, 1.82) is 0 Å². The molecule has 0 bridgehead atoms. The first-order chi connectivity index (χ1) is 17.3. The molecule has 0 saturated heterocycles. The minimum Gasteiger partial charge on any atom is -0.495 e. The fraction of sp³-hybridized carbons (Fsp3) is 0.400. The van der Waals surface area contributed by atoms with Crippen LogP contribution in [0.15, 0.2) is 32.2 Å². The molecule has 2 aromatic carbocycles. The van der Waals surface area contributed by atoms with Gasteiger partial charge in [-0.1, -0.05) is 25.4 Å². The first-order valence-corrected chi connectivity index (χ1v) is 13.0. The van der Waals surface area contributed by atoms with Gasteiger partial charge in [-0.2, -0.15) is 13.2 Å². The number of rotatable bonds is 7. The molecule has 1 heterocycles. The van der Waals surface area contributed by atoms with Crippen molar-refractivity contribution in [3.63, 3.8) is 0 Å². The number of ether oxygens (including phenoxy) is 4. The van der Waals surface area contributed by atoms with Crippen LogP contribution in [0.3, 0.4) is 0 Å². The lowest BCUT2D eigenvalue weighted by atomic mass is 9.96. The van der Waals surface area contributed by atoms with Crippen molar-refractivity contribution in [3.05, 3.63) is 54.4 Å². The van der Waals surface area contributed by atoms with E-state index in [1.54, 1.807) is 13.0 Å². The van der Waals surface area contributed by atoms with Crippen molar-refractivity contribution in [1.82, 2.24) is 0 Å². The summed E-state index contributed by atoms with van der Waals surface area (Å²) in [6.45, 7) is 4.89. The molecule has 1 N–H and O–H groups in total. The number of aliphatic hydroxyl groups is 1. The molecule has 12 heteroatoms. The number of carbonyl (C=O) groups excluding carboxylic acids is 1. The number of fused-ring (bicyclic) bond motifs is 2. The zero-order valence-corrected chi connectivity index (χ0v) is 24.2. The fourth-order valence-corrected chi connectivity index (χ4v) is 5.06. The largest absolute Gasteiger partial charge is 0.495 e. The van der Waals surface area contributed by atoms with Crippen LogP contribution in [0.5, 0.6) is 23.0 Å². The fourth-order valence-electron chi connectivity index (χ4n) is 3.74. The van der Waals surface area contributed by atoms with E-state index in [2.05, 4.69) is 31.9 Å². The maximum atomic E-state index is 13.1. The van der Waals surface area contributed by atoms with E-state index in [0.717, 1.165) is 0 Å². The maximum Gasteiger partial charge on any atom is 0.426 e. The molecule has 0 fully saturated rings. The second-order valence-electron chi connectivity index (χ2n) is 8.64. The SMILES string of the molecule is COc1c([C@@H](O)CC(C)C)ccc2c1C(=O)OCc1c(Br)c(C)c(Br)c(OCC=C(Cl)C(F)(F)F)c1O2. The number of hydrogen-bond donors (Lipinski definition) is 1. The Morgan fingerprint density at radius 1 is 1.24 bits per heavy atom. The molecule has 202 valence electrons. The van der Waals surface area contributed by atoms with E-state index in [1.807, 2.05) is 13.8 Å². The summed E-state index contributed by atoms with van der Waals surface area (Å²) in [4.78, 5) is 13.1. The Bertz CT molecular complexity index is 1230. The summed E-state index contributed by atoms with van der Waals surface area (Å²) in [7, 11) is 1.36. The van der Waals surface area contributed by atoms with E-state index >= 15 is 0 Å². The van der Waals surface area contributed by atoms with Crippen molar-refractivity contribution < 1.29 is 42.0 Å². The average Bonchev–Trinajstić information content (AvgIpc) is 2.81. The van der Waals surface area contributed by atoms with E-state index in [-0.39, 0.29) is 41.1 Å². The van der Waals surface area contributed by atoms with Crippen LogP contribution in [0.25, 0.3) is 0 Å². The Balaban J connectivity index is 2.14. The Labute approximate surface area is 233 Å². The summed E-state index contributed by atoms with van der Waals surface area (Å²) in [5.41, 5.74) is 1.41. The number of esters is 1. The molecule has 0 amide bonds. The standard InChI is InChI=1S/C25H24Br2ClF3O6/c1-11(2)9-15(32)13-5-6-16-18(21(13)34-4)24(33)36-10-14-19(26)12(3)20(27)23(22(14)37-16)35-8-7-17(28)25(29,30)31/h5-7,11,15,32H,8-10H2,1-4H3/t15-/m0/s1. The Morgan fingerprint density at radius 3 is 2.51 bits per heavy atom. The molecule has 1 aliphatic heterocycles. The van der Waals surface area contributed by atoms with Crippen LogP contribution in [0.1, 0.15) is 53.4 Å². The van der Waals surface area contributed by atoms with Crippen LogP contribution in [0.4, 0.5) is 13.2 Å². The third-order valence-corrected chi connectivity index (χ3v) is 7.93. The molecule has 0 radical (unpaired) electrons. The Morgan fingerprint density at radius 2 is 1.92 bits per heavy atom. The number of allylic oxidation sites excluding steroid dienone is 1. The molecule has 0 aromatic heterocycles. The van der Waals surface area contributed by atoms with Crippen LogP contribution in [-0.2, 0) is 11.3 Å². The number of alkyl halides is 3. The highest BCUT2D eigenvalue weighted by Crippen LogP contribution is 2.50. The van der Waals surface area contributed by atoms with Crippen LogP contribution >= 0.6 is 43.5 Å². The first kappa shape index (κ1) is 29.6. The van der Waals surface area contributed by atoms with E-state index in [9.17, 15) is 23.1 Å². The number of hydrogen-bond acceptors (Lipinski definition) is 6. The van der Waals surface area contributed by atoms with Crippen molar-refractivity contribution >= 4 is 49.4 Å². The minimum absolute atomic E-state index is 0.0350. The predicted octanol–water partition coefficient (Wildman–Crippen LogP) is 8.13. The molecule has 3 rings (SSSR count). The zero-order chi connectivity index (χ0) is 27.7. The molecular formula is C25H24Br2ClF3O6. The van der Waals surface area contributed by atoms with Gasteiger partial charge < -0.3 is 24.1 Å². The lowest BCUT2D eigenvalue weighted by Crippen LogP contribution is -2.16. The van der Waals surface area contributed by atoms with Crippen molar-refractivity contribution in [2.75, 3.05) is 13.7 Å². The van der Waals surface area contributed by atoms with Gasteiger partial charge in [0.1, 0.15) is 35.3 Å². The van der Waals surface area contributed by atoms with E-state index in [0.29, 0.717) is 38.1 Å². The number of benzene rings is 2. The van der Waals surface area contributed by atoms with Crippen molar-refractivity contribution in [2.24, 2.45) is 5.92 Å². The number of halogens is 6. The number of aliphatic hydroxyl groups excluding tert-OH is 1. The van der Waals surface area contributed by atoms with E-state index < -0.39 is 29.9 Å². The highest BCUT2D eigenvalue weighted by atomic mass is 79.9. The van der Waals surface area contributed by atoms with Crippen LogP contribution in [0.2, 0.25) is 0 Å². The first-order valence-electron chi connectivity index (χ1n) is 11.1. The predicted molar refractivity (Wildman–Crippen MR) is 139 cm³/mol. The minimum atomic E-state index is -4.70. The van der Waals surface area contributed by atoms with Crippen LogP contribution in [0, 0.1) is 12.8 Å². The lowest BCUT2D eigenvalue weighted by molar-refractivity contribution is -0.0849. The molecule has 0 unspecified atom stereocenters. The third kappa shape index (κ3) is 6.38. The molecule has 0 aliphatic carbocycles. The molecule has 1 atom stereocenters. The maximum absolute atomic E-state index is 13.1. The quantitative estimate of drug-likeness (QED) is 0.300. The molecule has 2 aromatic rings. The highest BCUT2D eigenvalue weighted by molar-refractivity contribution is 9.11. The number of cyclic esters (lactones) is 1. The van der Waals surface area contributed by atoms with E-state index in [1.165, 1.54) is 13.2 Å². The highest BCUT2D eigenvalue weighted by Gasteiger charge is 2.34. The summed E-state index contributed by atoms with van der Waals surface area (Å²) in [6.07, 6.45) is -4.48. The summed E-state index contributed by atoms with van der Waals surface area (Å²) in [5.74, 6) is -0.191. The Kier molecular flexibility index (Phi) is 9.47. The molecule has 37 heavy (non-hydrogen) atoms. The van der Waals surface area contributed by atoms with Gasteiger partial charge in [-0.3, -0.25) is 0 Å². The number of methoxy groups -OCH3 is 1. The van der Waals surface area contributed by atoms with Crippen LogP contribution < -0.4 is 14.2 Å². The molecule has 0 spiro atoms. The lowest BCUT2D eigenvalue weighted by Gasteiger charge is -2.26. The summed E-state index contributed by atoms with van der Waals surface area (Å²) < 4.78 is 62.3. The Hall–Kier alpha value is -1.95. The van der Waals surface area contributed by atoms with Gasteiger partial charge in [0.25, 0.3) is 0 Å². The monoisotopic (exact) mass is 670 g/mol. The summed E-state index contributed by atoms with van der Waals surface area (Å²) in [5, 5.41) is 9.40. The summed E-state index contributed by atoms with van der Waals surface area (Å²) in [6, 6.07) is 3.09. The smallest absolute Gasteiger partial charge is 0.426 e. The van der Waals surface area contributed by atoms with Gasteiger partial charge in [0.15, 0.2) is 11.5 Å². The zero-order valence-electron chi connectivity index (χ0n) is 20.3. The number of carbonyl (C=O) groups is 1. The van der Waals surface area contributed by atoms with Crippen molar-refractivity contribution in [3.8, 4) is 23.0 Å². The van der Waals surface area contributed by atoms with Crippen LogP contribution in [-0.4, -0.2) is 31.0 Å². The van der Waals surface area contributed by atoms with Gasteiger partial charge in [-0.05, 0) is 74.9 Å². The third-order valence-electron chi connectivity index (χ3n) is 5.54. The second kappa shape index (κ2) is 11.8. The molecular weight excluding hydrogens is 649 g/mol. The van der Waals surface area contributed by atoms with Gasteiger partial charge in [0.05, 0.1) is 23.2 Å². The molecule has 6 nitrogen and oxygen atoms in total. The normalized spacial score (nSPS) is 14.7. The topological polar surface area (TPSA) is 74.2 Å². The summed E-state index contributed by atoms with van der Waals surface area (Å²) >= 11 is 12.2. The van der Waals surface area contributed by atoms with Gasteiger partial charge >= 0.3 is 12.1 Å². The molecule has 1 aliphatic rings. The average molecular weight is 673 g/mol. The van der Waals surface area contributed by atoms with E-state index in [4.69, 9.17) is 30.5 Å². The molecule has 0 saturated carbocycles. The second-order valence-corrected chi connectivity index (χ2v) is 10.6. The van der Waals surface area contributed by atoms with Gasteiger partial charge in [-0.15, -0.1) is 0 Å². The van der Waals surface area contributed by atoms with Gasteiger partial charge in [-0.25, -0.2) is 4.79 Å².